The van der Waals surface area contributed by atoms with E-state index in [1.165, 1.54) is 84.0 Å². The third-order valence-electron chi connectivity index (χ3n) is 4.98. The molecule has 0 radical (unpaired) electrons. The van der Waals surface area contributed by atoms with Gasteiger partial charge in [0, 0.05) is 0 Å². The fraction of sp³-hybridized carbons (Fsp3) is 1.00. The number of rotatable bonds is 5. The van der Waals surface area contributed by atoms with Crippen molar-refractivity contribution in [3.63, 3.8) is 0 Å². The summed E-state index contributed by atoms with van der Waals surface area (Å²) < 4.78 is 0. The zero-order valence-corrected chi connectivity index (χ0v) is 12.3. The molecule has 1 aliphatic carbocycles. The summed E-state index contributed by atoms with van der Waals surface area (Å²) in [5.74, 6) is 1.97. The number of nitrogens with zero attached hydrogens (tertiary/aromatic N) is 1. The average molecular weight is 252 g/mol. The van der Waals surface area contributed by atoms with Crippen LogP contribution in [-0.4, -0.2) is 38.1 Å². The van der Waals surface area contributed by atoms with Crippen molar-refractivity contribution >= 4 is 0 Å². The van der Waals surface area contributed by atoms with E-state index >= 15 is 0 Å². The molecule has 2 aliphatic rings. The number of hydrogen-bond acceptors (Lipinski definition) is 2. The number of likely N-dealkylation sites (tertiary alicyclic amines) is 1. The molecule has 0 spiro atoms. The molecule has 2 fully saturated rings. The first-order valence-electron chi connectivity index (χ1n) is 8.24. The zero-order valence-electron chi connectivity index (χ0n) is 12.3. The lowest BCUT2D eigenvalue weighted by molar-refractivity contribution is 0.211. The highest BCUT2D eigenvalue weighted by atomic mass is 15.1. The van der Waals surface area contributed by atoms with E-state index in [1.807, 2.05) is 0 Å². The summed E-state index contributed by atoms with van der Waals surface area (Å²) in [7, 11) is 2.25. The van der Waals surface area contributed by atoms with E-state index in [-0.39, 0.29) is 0 Å². The van der Waals surface area contributed by atoms with Crippen molar-refractivity contribution in [2.24, 2.45) is 11.8 Å². The van der Waals surface area contributed by atoms with Crippen molar-refractivity contribution in [2.75, 3.05) is 33.2 Å². The molecular weight excluding hydrogens is 220 g/mol. The fourth-order valence-corrected chi connectivity index (χ4v) is 3.53. The van der Waals surface area contributed by atoms with Crippen LogP contribution in [-0.2, 0) is 0 Å². The molecule has 0 atom stereocenters. The Morgan fingerprint density at radius 3 is 2.22 bits per heavy atom. The smallest absolute Gasteiger partial charge is 0.00191 e. The normalized spacial score (nSPS) is 25.2. The maximum Gasteiger partial charge on any atom is -0.00191 e. The lowest BCUT2D eigenvalue weighted by atomic mass is 9.93. The second kappa shape index (κ2) is 8.16. The van der Waals surface area contributed by atoms with Crippen molar-refractivity contribution in [3.05, 3.63) is 0 Å². The van der Waals surface area contributed by atoms with Gasteiger partial charge < -0.3 is 10.2 Å². The Morgan fingerprint density at radius 1 is 0.889 bits per heavy atom. The maximum absolute atomic E-state index is 3.73. The summed E-state index contributed by atoms with van der Waals surface area (Å²) in [5.41, 5.74) is 0. The molecule has 0 bridgehead atoms. The van der Waals surface area contributed by atoms with Gasteiger partial charge in [0.1, 0.15) is 0 Å². The largest absolute Gasteiger partial charge is 0.316 e. The van der Waals surface area contributed by atoms with E-state index < -0.39 is 0 Å². The number of hydrogen-bond donors (Lipinski definition) is 1. The van der Waals surface area contributed by atoms with Gasteiger partial charge in [-0.2, -0.15) is 0 Å². The van der Waals surface area contributed by atoms with Crippen molar-refractivity contribution in [2.45, 2.75) is 57.8 Å². The molecule has 2 rings (SSSR count). The first-order valence-corrected chi connectivity index (χ1v) is 8.24. The minimum atomic E-state index is 0.977. The van der Waals surface area contributed by atoms with Crippen LogP contribution in [0, 0.1) is 11.8 Å². The topological polar surface area (TPSA) is 15.3 Å². The first kappa shape index (κ1) is 14.3. The predicted octanol–water partition coefficient (Wildman–Crippen LogP) is 3.28. The molecular formula is C16H32N2. The van der Waals surface area contributed by atoms with E-state index in [0.29, 0.717) is 0 Å². The molecule has 2 nitrogen and oxygen atoms in total. The monoisotopic (exact) mass is 252 g/mol. The van der Waals surface area contributed by atoms with Gasteiger partial charge >= 0.3 is 0 Å². The van der Waals surface area contributed by atoms with Crippen LogP contribution >= 0.6 is 0 Å². The molecule has 0 aromatic heterocycles. The van der Waals surface area contributed by atoms with Crippen molar-refractivity contribution in [1.82, 2.24) is 10.2 Å². The van der Waals surface area contributed by atoms with Crippen LogP contribution in [0.15, 0.2) is 0 Å². The van der Waals surface area contributed by atoms with Crippen LogP contribution in [0.5, 0.6) is 0 Å². The van der Waals surface area contributed by atoms with Gasteiger partial charge in [-0.3, -0.25) is 0 Å². The van der Waals surface area contributed by atoms with Crippen LogP contribution in [0.25, 0.3) is 0 Å². The Hall–Kier alpha value is -0.0800. The number of nitrogens with one attached hydrogen (secondary N) is 1. The Labute approximate surface area is 114 Å². The molecule has 1 saturated heterocycles. The van der Waals surface area contributed by atoms with Gasteiger partial charge in [0.25, 0.3) is 0 Å². The SMILES string of the molecule is CN1CCC(CCNCC2CCCCCC2)CC1. The molecule has 0 aromatic rings. The molecule has 1 N–H and O–H groups in total. The van der Waals surface area contributed by atoms with E-state index in [1.54, 1.807) is 0 Å². The summed E-state index contributed by atoms with van der Waals surface area (Å²) in [6.07, 6.45) is 13.1. The minimum Gasteiger partial charge on any atom is -0.316 e. The predicted molar refractivity (Wildman–Crippen MR) is 78.9 cm³/mol. The maximum atomic E-state index is 3.73. The van der Waals surface area contributed by atoms with Gasteiger partial charge in [-0.1, -0.05) is 25.7 Å². The van der Waals surface area contributed by atoms with E-state index in [2.05, 4.69) is 17.3 Å². The highest BCUT2D eigenvalue weighted by molar-refractivity contribution is 4.72. The Morgan fingerprint density at radius 2 is 1.56 bits per heavy atom. The summed E-state index contributed by atoms with van der Waals surface area (Å²) in [5, 5.41) is 3.73. The van der Waals surface area contributed by atoms with Crippen molar-refractivity contribution in [3.8, 4) is 0 Å². The summed E-state index contributed by atoms with van der Waals surface area (Å²) >= 11 is 0. The molecule has 0 unspecified atom stereocenters. The van der Waals surface area contributed by atoms with Crippen molar-refractivity contribution in [1.29, 1.82) is 0 Å². The molecule has 1 saturated carbocycles. The Kier molecular flexibility index (Phi) is 6.50. The molecule has 106 valence electrons. The van der Waals surface area contributed by atoms with Gasteiger partial charge in [0.2, 0.25) is 0 Å². The second-order valence-corrected chi connectivity index (χ2v) is 6.60. The molecule has 2 heteroatoms. The van der Waals surface area contributed by atoms with E-state index in [0.717, 1.165) is 11.8 Å². The average Bonchev–Trinajstić information content (AvgIpc) is 2.65. The molecule has 0 amide bonds. The standard InChI is InChI=1S/C16H32N2/c1-18-12-9-15(10-13-18)8-11-17-14-16-6-4-2-3-5-7-16/h15-17H,2-14H2,1H3. The molecule has 1 aliphatic heterocycles. The highest BCUT2D eigenvalue weighted by Gasteiger charge is 2.16. The highest BCUT2D eigenvalue weighted by Crippen LogP contribution is 2.22. The Balaban J connectivity index is 1.50. The van der Waals surface area contributed by atoms with Crippen LogP contribution in [0.2, 0.25) is 0 Å². The zero-order chi connectivity index (χ0) is 12.6. The fourth-order valence-electron chi connectivity index (χ4n) is 3.53. The quantitative estimate of drug-likeness (QED) is 0.597. The summed E-state index contributed by atoms with van der Waals surface area (Å²) in [6.45, 7) is 5.16. The second-order valence-electron chi connectivity index (χ2n) is 6.60. The van der Waals surface area contributed by atoms with Crippen LogP contribution < -0.4 is 5.32 Å². The lowest BCUT2D eigenvalue weighted by Gasteiger charge is -2.29. The summed E-state index contributed by atoms with van der Waals surface area (Å²) in [6, 6.07) is 0. The minimum absolute atomic E-state index is 0.977. The van der Waals surface area contributed by atoms with Gasteiger partial charge in [-0.15, -0.1) is 0 Å². The van der Waals surface area contributed by atoms with Crippen molar-refractivity contribution < 1.29 is 0 Å². The first-order chi connectivity index (χ1) is 8.84. The lowest BCUT2D eigenvalue weighted by Crippen LogP contribution is -2.32. The van der Waals surface area contributed by atoms with Gasteiger partial charge in [0.15, 0.2) is 0 Å². The molecule has 1 heterocycles. The Bertz CT molecular complexity index is 201. The van der Waals surface area contributed by atoms with Crippen LogP contribution in [0.1, 0.15) is 57.8 Å². The van der Waals surface area contributed by atoms with Crippen LogP contribution in [0.3, 0.4) is 0 Å². The van der Waals surface area contributed by atoms with E-state index in [4.69, 9.17) is 0 Å². The third kappa shape index (κ3) is 5.27. The number of piperidine rings is 1. The van der Waals surface area contributed by atoms with Gasteiger partial charge in [-0.25, -0.2) is 0 Å². The van der Waals surface area contributed by atoms with Gasteiger partial charge in [-0.05, 0) is 77.2 Å². The van der Waals surface area contributed by atoms with Gasteiger partial charge in [0.05, 0.1) is 0 Å². The van der Waals surface area contributed by atoms with Crippen LogP contribution in [0.4, 0.5) is 0 Å². The molecule has 0 aromatic carbocycles. The molecule has 18 heavy (non-hydrogen) atoms. The third-order valence-corrected chi connectivity index (χ3v) is 4.98. The van der Waals surface area contributed by atoms with E-state index in [9.17, 15) is 0 Å². The summed E-state index contributed by atoms with van der Waals surface area (Å²) in [4.78, 5) is 2.47.